The Kier molecular flexibility index (Phi) is 12.0. The van der Waals surface area contributed by atoms with E-state index in [1.54, 1.807) is 12.1 Å². The molecule has 6 rings (SSSR count). The van der Waals surface area contributed by atoms with Crippen molar-refractivity contribution in [3.8, 4) is 11.8 Å². The highest BCUT2D eigenvalue weighted by atomic mass is 32.2. The lowest BCUT2D eigenvalue weighted by atomic mass is 9.89. The first-order valence-electron chi connectivity index (χ1n) is 17.6. The maximum atomic E-state index is 13.4. The molecule has 11 nitrogen and oxygen atoms in total. The highest BCUT2D eigenvalue weighted by Gasteiger charge is 2.37. The van der Waals surface area contributed by atoms with E-state index in [9.17, 15) is 13.7 Å². The number of fused-ring (bicyclic) bond motifs is 2. The molecule has 2 aromatic carbocycles. The molecule has 0 spiro atoms. The van der Waals surface area contributed by atoms with Gasteiger partial charge < -0.3 is 14.0 Å². The number of hydrazine groups is 1. The summed E-state index contributed by atoms with van der Waals surface area (Å²) >= 11 is -2.61. The molecule has 0 radical (unpaired) electrons. The number of hydrogen-bond acceptors (Lipinski definition) is 11. The molecule has 0 amide bonds. The van der Waals surface area contributed by atoms with Gasteiger partial charge in [0.25, 0.3) is 11.8 Å². The minimum Gasteiger partial charge on any atom is -0.598 e. The van der Waals surface area contributed by atoms with Crippen LogP contribution in [0, 0.1) is 0 Å². The molecule has 276 valence electrons. The summed E-state index contributed by atoms with van der Waals surface area (Å²) < 4.78 is 53.5. The van der Waals surface area contributed by atoms with Gasteiger partial charge in [0, 0.05) is 59.2 Å². The number of benzene rings is 2. The molecule has 0 saturated heterocycles. The molecule has 0 saturated carbocycles. The van der Waals surface area contributed by atoms with E-state index in [2.05, 4.69) is 38.7 Å². The van der Waals surface area contributed by atoms with Crippen molar-refractivity contribution < 1.29 is 22.7 Å². The van der Waals surface area contributed by atoms with Gasteiger partial charge in [-0.15, -0.1) is 4.72 Å². The molecule has 0 fully saturated rings. The topological polar surface area (TPSA) is 138 Å². The van der Waals surface area contributed by atoms with E-state index >= 15 is 0 Å². The number of rotatable bonds is 12. The van der Waals surface area contributed by atoms with Crippen LogP contribution in [0.1, 0.15) is 88.7 Å². The summed E-state index contributed by atoms with van der Waals surface area (Å²) in [5.41, 5.74) is 4.78. The van der Waals surface area contributed by atoms with Crippen molar-refractivity contribution in [2.45, 2.75) is 88.8 Å². The summed E-state index contributed by atoms with van der Waals surface area (Å²) in [4.78, 5) is 15.0. The third-order valence-corrected chi connectivity index (χ3v) is 12.7. The van der Waals surface area contributed by atoms with E-state index in [4.69, 9.17) is 19.0 Å². The first-order valence-corrected chi connectivity index (χ1v) is 21.0. The summed E-state index contributed by atoms with van der Waals surface area (Å²) in [6.45, 7) is 13.6. The van der Waals surface area contributed by atoms with Crippen LogP contribution < -0.4 is 28.5 Å². The highest BCUT2D eigenvalue weighted by molar-refractivity contribution is 7.91. The van der Waals surface area contributed by atoms with E-state index in [0.29, 0.717) is 25.5 Å². The van der Waals surface area contributed by atoms with Crippen molar-refractivity contribution in [2.75, 3.05) is 23.0 Å². The van der Waals surface area contributed by atoms with Crippen LogP contribution in [-0.2, 0) is 40.3 Å². The Morgan fingerprint density at radius 3 is 2.06 bits per heavy atom. The van der Waals surface area contributed by atoms with Crippen LogP contribution in [0.2, 0.25) is 0 Å². The Hall–Kier alpha value is -3.42. The third-order valence-electron chi connectivity index (χ3n) is 8.93. The van der Waals surface area contributed by atoms with Crippen molar-refractivity contribution in [3.05, 3.63) is 107 Å². The normalized spacial score (nSPS) is 19.0. The van der Waals surface area contributed by atoms with Crippen molar-refractivity contribution in [1.82, 2.24) is 19.5 Å². The maximum absolute atomic E-state index is 13.4. The van der Waals surface area contributed by atoms with Gasteiger partial charge in [0.05, 0.1) is 28.8 Å². The second kappa shape index (κ2) is 16.3. The zero-order valence-corrected chi connectivity index (χ0v) is 33.1. The van der Waals surface area contributed by atoms with Gasteiger partial charge in [-0.3, -0.25) is 5.01 Å². The Labute approximate surface area is 314 Å². The van der Waals surface area contributed by atoms with Crippen LogP contribution in [0.25, 0.3) is 0 Å². The Morgan fingerprint density at radius 2 is 1.40 bits per heavy atom. The first kappa shape index (κ1) is 38.3. The Morgan fingerprint density at radius 1 is 0.788 bits per heavy atom. The van der Waals surface area contributed by atoms with Crippen molar-refractivity contribution in [3.63, 3.8) is 0 Å². The summed E-state index contributed by atoms with van der Waals surface area (Å²) in [6.07, 6.45) is 2.28. The molecule has 0 aliphatic carbocycles. The zero-order valence-electron chi connectivity index (χ0n) is 30.6. The zero-order chi connectivity index (χ0) is 37.0. The van der Waals surface area contributed by atoms with Gasteiger partial charge in [0.15, 0.2) is 0 Å². The van der Waals surface area contributed by atoms with Gasteiger partial charge in [-0.25, -0.2) is 14.0 Å². The molecular weight excluding hydrogens is 716 g/mol. The SMILES string of the molecule is CC(C)(C)[S+]([O-])NC1CCN(Cc2ccccc2)c2nc(O[P+](=O)Oc3ccc4c(n3)C(Cc3ccccc3)CCN4N[S+]([O-])C(C)(C)C)ccc21. The molecule has 5 unspecified atom stereocenters. The average molecular weight is 764 g/mol. The molecule has 52 heavy (non-hydrogen) atoms. The molecule has 4 heterocycles. The number of nitrogens with zero attached hydrogens (tertiary/aromatic N) is 4. The van der Waals surface area contributed by atoms with Gasteiger partial charge in [-0.2, -0.15) is 4.98 Å². The lowest BCUT2D eigenvalue weighted by molar-refractivity contribution is 0.400. The second-order valence-electron chi connectivity index (χ2n) is 15.1. The maximum Gasteiger partial charge on any atom is 0.808 e. The van der Waals surface area contributed by atoms with Gasteiger partial charge >= 0.3 is 8.25 Å². The quantitative estimate of drug-likeness (QED) is 0.109. The van der Waals surface area contributed by atoms with Crippen molar-refractivity contribution in [1.29, 1.82) is 0 Å². The minimum absolute atomic E-state index is 0.0629. The van der Waals surface area contributed by atoms with Crippen LogP contribution in [-0.4, -0.2) is 41.7 Å². The molecule has 14 heteroatoms. The number of anilines is 2. The fourth-order valence-corrected chi connectivity index (χ4v) is 8.19. The fourth-order valence-electron chi connectivity index (χ4n) is 6.12. The molecule has 2 aliphatic heterocycles. The lowest BCUT2D eigenvalue weighted by Gasteiger charge is -2.36. The van der Waals surface area contributed by atoms with Gasteiger partial charge in [0.1, 0.15) is 15.3 Å². The minimum atomic E-state index is -2.70. The summed E-state index contributed by atoms with van der Waals surface area (Å²) in [5.74, 6) is 1.05. The number of aromatic nitrogens is 2. The number of hydrogen-bond donors (Lipinski definition) is 2. The van der Waals surface area contributed by atoms with Crippen molar-refractivity contribution in [2.24, 2.45) is 0 Å². The van der Waals surface area contributed by atoms with Crippen LogP contribution in [0.4, 0.5) is 11.5 Å². The Bertz CT molecular complexity index is 1700. The van der Waals surface area contributed by atoms with E-state index in [1.807, 2.05) is 95.1 Å². The molecular formula is C38H48N6O5PS2+. The van der Waals surface area contributed by atoms with E-state index in [-0.39, 0.29) is 23.7 Å². The monoisotopic (exact) mass is 763 g/mol. The van der Waals surface area contributed by atoms with Crippen LogP contribution in [0.5, 0.6) is 11.8 Å². The van der Waals surface area contributed by atoms with Crippen LogP contribution >= 0.6 is 8.25 Å². The predicted molar refractivity (Wildman–Crippen MR) is 209 cm³/mol. The second-order valence-corrected chi connectivity index (χ2v) is 19.8. The smallest absolute Gasteiger partial charge is 0.598 e. The molecule has 4 aromatic rings. The van der Waals surface area contributed by atoms with Gasteiger partial charge in [-0.1, -0.05) is 60.7 Å². The summed E-state index contributed by atoms with van der Waals surface area (Å²) in [5, 5.41) is 1.89. The van der Waals surface area contributed by atoms with E-state index < -0.39 is 40.5 Å². The molecule has 2 aliphatic rings. The standard InChI is InChI=1S/C38H48N6O5PS2/c1-37(2,3)51(46)41-31-22-23-43(26-28-15-11-8-12-16-28)36-30(31)17-19-34(40-36)49-50(45)48-33-20-18-32-35(39-33)29(25-27-13-9-7-10-14-27)21-24-44(32)42-52(47)38(4,5)6/h7-20,29,31,41-42H,21-26H2,1-6H3/q+1. The van der Waals surface area contributed by atoms with Gasteiger partial charge in [0.2, 0.25) is 0 Å². The van der Waals surface area contributed by atoms with Crippen LogP contribution in [0.3, 0.4) is 0 Å². The van der Waals surface area contributed by atoms with Crippen molar-refractivity contribution >= 4 is 42.5 Å². The molecule has 2 aromatic heterocycles. The molecule has 0 bridgehead atoms. The highest BCUT2D eigenvalue weighted by Crippen LogP contribution is 2.40. The first-order chi connectivity index (χ1) is 24.7. The summed E-state index contributed by atoms with van der Waals surface area (Å²) in [7, 11) is -2.70. The Balaban J connectivity index is 1.22. The number of nitrogens with one attached hydrogen (secondary N) is 2. The fraction of sp³-hybridized carbons (Fsp3) is 0.421. The van der Waals surface area contributed by atoms with Crippen LogP contribution in [0.15, 0.2) is 84.9 Å². The van der Waals surface area contributed by atoms with E-state index in [1.165, 1.54) is 5.56 Å². The lowest BCUT2D eigenvalue weighted by Crippen LogP contribution is -2.51. The third kappa shape index (κ3) is 9.57. The molecule has 2 N–H and O–H groups in total. The number of pyridine rings is 2. The van der Waals surface area contributed by atoms with E-state index in [0.717, 1.165) is 41.8 Å². The van der Waals surface area contributed by atoms with Gasteiger partial charge in [-0.05, 0) is 88.9 Å². The predicted octanol–water partition coefficient (Wildman–Crippen LogP) is 7.60. The average Bonchev–Trinajstić information content (AvgIpc) is 3.10. The largest absolute Gasteiger partial charge is 0.808 e. The molecule has 5 atom stereocenters. The summed E-state index contributed by atoms with van der Waals surface area (Å²) in [6, 6.07) is 27.3.